The molecule has 0 spiro atoms. The van der Waals surface area contributed by atoms with E-state index < -0.39 is 0 Å². The molecular weight excluding hydrogens is 258 g/mol. The fraction of sp³-hybridized carbons (Fsp3) is 0.188. The highest BCUT2D eigenvalue weighted by Crippen LogP contribution is 2.24. The fourth-order valence-corrected chi connectivity index (χ4v) is 2.27. The van der Waals surface area contributed by atoms with Crippen molar-refractivity contribution in [3.63, 3.8) is 0 Å². The largest absolute Gasteiger partial charge is 0.398 e. The van der Waals surface area contributed by atoms with Crippen molar-refractivity contribution < 1.29 is 4.79 Å². The summed E-state index contributed by atoms with van der Waals surface area (Å²) in [4.78, 5) is 12.5. The van der Waals surface area contributed by atoms with Gasteiger partial charge in [0.25, 0.3) is 0 Å². The van der Waals surface area contributed by atoms with Crippen LogP contribution in [-0.4, -0.2) is 5.78 Å². The number of carbonyl (C=O) groups excluding carboxylic acids is 1. The Morgan fingerprint density at radius 2 is 1.58 bits per heavy atom. The van der Waals surface area contributed by atoms with Crippen molar-refractivity contribution in [1.82, 2.24) is 0 Å². The van der Waals surface area contributed by atoms with Crippen molar-refractivity contribution in [2.45, 2.75) is 20.8 Å². The van der Waals surface area contributed by atoms with Crippen LogP contribution in [0.3, 0.4) is 0 Å². The highest BCUT2D eigenvalue weighted by Gasteiger charge is 2.15. The molecule has 19 heavy (non-hydrogen) atoms. The summed E-state index contributed by atoms with van der Waals surface area (Å²) in [6.07, 6.45) is 0. The number of nitrogen functional groups attached to an aromatic ring is 1. The molecule has 2 aromatic rings. The van der Waals surface area contributed by atoms with E-state index in [-0.39, 0.29) is 5.78 Å². The van der Waals surface area contributed by atoms with Gasteiger partial charge < -0.3 is 5.73 Å². The molecular formula is C16H16ClNO. The maximum absolute atomic E-state index is 12.5. The Hall–Kier alpha value is -1.80. The molecule has 3 heteroatoms. The first-order chi connectivity index (χ1) is 8.90. The van der Waals surface area contributed by atoms with Gasteiger partial charge in [-0.2, -0.15) is 0 Å². The number of hydrogen-bond acceptors (Lipinski definition) is 2. The number of anilines is 1. The number of carbonyl (C=O) groups is 1. The summed E-state index contributed by atoms with van der Waals surface area (Å²) in [5.41, 5.74) is 10.7. The van der Waals surface area contributed by atoms with Gasteiger partial charge in [0, 0.05) is 21.8 Å². The number of nitrogens with two attached hydrogens (primary N) is 1. The van der Waals surface area contributed by atoms with Crippen LogP contribution in [0.1, 0.15) is 32.6 Å². The Bertz CT molecular complexity index is 662. The normalized spacial score (nSPS) is 10.5. The van der Waals surface area contributed by atoms with Crippen molar-refractivity contribution in [2.24, 2.45) is 0 Å². The molecule has 0 unspecified atom stereocenters. The molecule has 98 valence electrons. The van der Waals surface area contributed by atoms with Crippen LogP contribution >= 0.6 is 11.6 Å². The number of benzene rings is 2. The third-order valence-electron chi connectivity index (χ3n) is 3.34. The molecule has 2 N–H and O–H groups in total. The minimum atomic E-state index is -0.0604. The van der Waals surface area contributed by atoms with E-state index in [9.17, 15) is 4.79 Å². The molecule has 2 aromatic carbocycles. The number of hydrogen-bond donors (Lipinski definition) is 1. The average molecular weight is 274 g/mol. The van der Waals surface area contributed by atoms with Gasteiger partial charge in [-0.15, -0.1) is 0 Å². The monoisotopic (exact) mass is 273 g/mol. The van der Waals surface area contributed by atoms with Gasteiger partial charge in [0.1, 0.15) is 0 Å². The predicted molar refractivity (Wildman–Crippen MR) is 79.9 cm³/mol. The molecule has 0 saturated carbocycles. The number of aryl methyl sites for hydroxylation is 3. The van der Waals surface area contributed by atoms with Gasteiger partial charge >= 0.3 is 0 Å². The standard InChI is InChI=1S/C16H16ClNO/c1-9-6-11(3)14(7-10(9)2)16(19)13-5-4-12(17)8-15(13)18/h4-8H,18H2,1-3H3. The van der Waals surface area contributed by atoms with E-state index >= 15 is 0 Å². The van der Waals surface area contributed by atoms with Gasteiger partial charge in [-0.25, -0.2) is 0 Å². The van der Waals surface area contributed by atoms with Gasteiger partial charge in [-0.1, -0.05) is 17.7 Å². The zero-order valence-electron chi connectivity index (χ0n) is 11.3. The first-order valence-electron chi connectivity index (χ1n) is 6.07. The van der Waals surface area contributed by atoms with E-state index in [0.29, 0.717) is 21.8 Å². The molecule has 0 amide bonds. The molecule has 0 saturated heterocycles. The lowest BCUT2D eigenvalue weighted by atomic mass is 9.94. The van der Waals surface area contributed by atoms with Crippen LogP contribution in [0.15, 0.2) is 30.3 Å². The average Bonchev–Trinajstić information content (AvgIpc) is 2.33. The van der Waals surface area contributed by atoms with E-state index in [4.69, 9.17) is 17.3 Å². The lowest BCUT2D eigenvalue weighted by molar-refractivity contribution is 0.103. The smallest absolute Gasteiger partial charge is 0.195 e. The highest BCUT2D eigenvalue weighted by molar-refractivity contribution is 6.31. The number of rotatable bonds is 2. The summed E-state index contributed by atoms with van der Waals surface area (Å²) in [6.45, 7) is 5.97. The molecule has 0 fully saturated rings. The van der Waals surface area contributed by atoms with E-state index in [0.717, 1.165) is 11.1 Å². The third kappa shape index (κ3) is 2.64. The molecule has 0 aliphatic carbocycles. The van der Waals surface area contributed by atoms with Crippen LogP contribution in [0.25, 0.3) is 0 Å². The second-order valence-corrected chi connectivity index (χ2v) is 5.25. The van der Waals surface area contributed by atoms with Crippen LogP contribution in [0.2, 0.25) is 5.02 Å². The third-order valence-corrected chi connectivity index (χ3v) is 3.58. The van der Waals surface area contributed by atoms with Crippen molar-refractivity contribution in [3.8, 4) is 0 Å². The lowest BCUT2D eigenvalue weighted by Crippen LogP contribution is -2.08. The van der Waals surface area contributed by atoms with Crippen LogP contribution in [0.5, 0.6) is 0 Å². The molecule has 0 atom stereocenters. The van der Waals surface area contributed by atoms with Gasteiger partial charge in [0.15, 0.2) is 5.78 Å². The highest BCUT2D eigenvalue weighted by atomic mass is 35.5. The minimum Gasteiger partial charge on any atom is -0.398 e. The summed E-state index contributed by atoms with van der Waals surface area (Å²) in [5, 5.41) is 0.533. The summed E-state index contributed by atoms with van der Waals surface area (Å²) in [6, 6.07) is 8.90. The summed E-state index contributed by atoms with van der Waals surface area (Å²) in [7, 11) is 0. The zero-order valence-corrected chi connectivity index (χ0v) is 12.0. The molecule has 2 nitrogen and oxygen atoms in total. The quantitative estimate of drug-likeness (QED) is 0.662. The Kier molecular flexibility index (Phi) is 3.63. The van der Waals surface area contributed by atoms with Gasteiger partial charge in [-0.3, -0.25) is 4.79 Å². The fourth-order valence-electron chi connectivity index (χ4n) is 2.09. The summed E-state index contributed by atoms with van der Waals surface area (Å²) in [5.74, 6) is -0.0604. The Morgan fingerprint density at radius 3 is 2.21 bits per heavy atom. The zero-order chi connectivity index (χ0) is 14.2. The molecule has 0 bridgehead atoms. The Balaban J connectivity index is 2.53. The molecule has 2 rings (SSSR count). The van der Waals surface area contributed by atoms with Crippen LogP contribution in [0, 0.1) is 20.8 Å². The second kappa shape index (κ2) is 5.06. The number of ketones is 1. The van der Waals surface area contributed by atoms with Crippen molar-refractivity contribution in [3.05, 3.63) is 63.2 Å². The molecule has 0 heterocycles. The van der Waals surface area contributed by atoms with E-state index in [2.05, 4.69) is 0 Å². The second-order valence-electron chi connectivity index (χ2n) is 4.81. The molecule has 0 aromatic heterocycles. The van der Waals surface area contributed by atoms with E-state index in [1.165, 1.54) is 5.56 Å². The molecule has 0 radical (unpaired) electrons. The van der Waals surface area contributed by atoms with Crippen LogP contribution < -0.4 is 5.73 Å². The first kappa shape index (κ1) is 13.6. The number of halogens is 1. The van der Waals surface area contributed by atoms with Crippen molar-refractivity contribution >= 4 is 23.1 Å². The topological polar surface area (TPSA) is 43.1 Å². The van der Waals surface area contributed by atoms with Gasteiger partial charge in [-0.05, 0) is 61.7 Å². The van der Waals surface area contributed by atoms with Gasteiger partial charge in [0.05, 0.1) is 0 Å². The molecule has 0 aliphatic rings. The Morgan fingerprint density at radius 1 is 0.947 bits per heavy atom. The minimum absolute atomic E-state index is 0.0604. The SMILES string of the molecule is Cc1cc(C)c(C(=O)c2ccc(Cl)cc2N)cc1C. The maximum atomic E-state index is 12.5. The maximum Gasteiger partial charge on any atom is 0.195 e. The summed E-state index contributed by atoms with van der Waals surface area (Å²) >= 11 is 5.85. The van der Waals surface area contributed by atoms with Crippen molar-refractivity contribution in [1.29, 1.82) is 0 Å². The van der Waals surface area contributed by atoms with Gasteiger partial charge in [0.2, 0.25) is 0 Å². The lowest BCUT2D eigenvalue weighted by Gasteiger charge is -2.10. The van der Waals surface area contributed by atoms with Crippen molar-refractivity contribution in [2.75, 3.05) is 5.73 Å². The van der Waals surface area contributed by atoms with Crippen LogP contribution in [0.4, 0.5) is 5.69 Å². The predicted octanol–water partition coefficient (Wildman–Crippen LogP) is 4.08. The summed E-state index contributed by atoms with van der Waals surface area (Å²) < 4.78 is 0. The van der Waals surface area contributed by atoms with E-state index in [1.54, 1.807) is 18.2 Å². The Labute approximate surface area is 118 Å². The van der Waals surface area contributed by atoms with E-state index in [1.807, 2.05) is 32.9 Å². The van der Waals surface area contributed by atoms with Crippen LogP contribution in [-0.2, 0) is 0 Å². The first-order valence-corrected chi connectivity index (χ1v) is 6.45. The molecule has 0 aliphatic heterocycles.